The second kappa shape index (κ2) is 11.2. The molecule has 0 atom stereocenters. The Morgan fingerprint density at radius 2 is 1.93 bits per heavy atom. The molecule has 0 radical (unpaired) electrons. The first kappa shape index (κ1) is 24.0. The van der Waals surface area contributed by atoms with E-state index in [1.807, 2.05) is 18.4 Å². The Kier molecular flexibility index (Phi) is 9.23. The minimum atomic E-state index is -0.0350. The van der Waals surface area contributed by atoms with Crippen LogP contribution in [0.4, 0.5) is 0 Å². The number of hydrogen-bond acceptors (Lipinski definition) is 4. The van der Waals surface area contributed by atoms with Gasteiger partial charge in [-0.2, -0.15) is 0 Å². The van der Waals surface area contributed by atoms with E-state index in [0.717, 1.165) is 50.9 Å². The van der Waals surface area contributed by atoms with Gasteiger partial charge in [0, 0.05) is 47.5 Å². The molecule has 0 aliphatic carbocycles. The van der Waals surface area contributed by atoms with Crippen LogP contribution in [0.3, 0.4) is 0 Å². The molecule has 1 aliphatic rings. The number of methoxy groups -OCH3 is 1. The van der Waals surface area contributed by atoms with E-state index in [2.05, 4.69) is 59.8 Å². The average Bonchev–Trinajstić information content (AvgIpc) is 3.14. The summed E-state index contributed by atoms with van der Waals surface area (Å²) in [6.07, 6.45) is 1.92. The Bertz CT molecular complexity index is 816. The van der Waals surface area contributed by atoms with E-state index in [0.29, 0.717) is 0 Å². The predicted molar refractivity (Wildman–Crippen MR) is 132 cm³/mol. The van der Waals surface area contributed by atoms with Crippen LogP contribution in [0, 0.1) is 13.8 Å². The molecular weight excluding hydrogens is 497 g/mol. The van der Waals surface area contributed by atoms with Crippen molar-refractivity contribution in [3.63, 3.8) is 0 Å². The molecule has 160 valence electrons. The number of halogens is 1. The molecule has 1 aliphatic heterocycles. The highest BCUT2D eigenvalue weighted by molar-refractivity contribution is 14.0. The molecular formula is C22H32IN3O2S. The molecule has 29 heavy (non-hydrogen) atoms. The van der Waals surface area contributed by atoms with Crippen LogP contribution in [0.25, 0.3) is 0 Å². The Morgan fingerprint density at radius 1 is 1.17 bits per heavy atom. The maximum Gasteiger partial charge on any atom is 0.191 e. The second-order valence-corrected chi connectivity index (χ2v) is 8.76. The summed E-state index contributed by atoms with van der Waals surface area (Å²) < 4.78 is 11.4. The van der Waals surface area contributed by atoms with Crippen LogP contribution in [0.5, 0.6) is 5.75 Å². The Labute approximate surface area is 195 Å². The van der Waals surface area contributed by atoms with Gasteiger partial charge in [-0.1, -0.05) is 17.7 Å². The Hall–Kier alpha value is -1.32. The Morgan fingerprint density at radius 3 is 2.55 bits per heavy atom. The van der Waals surface area contributed by atoms with E-state index in [1.165, 1.54) is 20.9 Å². The monoisotopic (exact) mass is 529 g/mol. The fourth-order valence-electron chi connectivity index (χ4n) is 3.76. The summed E-state index contributed by atoms with van der Waals surface area (Å²) in [5, 5.41) is 6.99. The third kappa shape index (κ3) is 6.08. The highest BCUT2D eigenvalue weighted by Crippen LogP contribution is 2.40. The van der Waals surface area contributed by atoms with Gasteiger partial charge in [-0.3, -0.25) is 4.99 Å². The van der Waals surface area contributed by atoms with Crippen LogP contribution in [0.15, 0.2) is 35.3 Å². The number of nitrogens with zero attached hydrogens (tertiary/aromatic N) is 1. The summed E-state index contributed by atoms with van der Waals surface area (Å²) in [6, 6.07) is 10.8. The van der Waals surface area contributed by atoms with Crippen LogP contribution in [-0.4, -0.2) is 39.9 Å². The molecule has 0 saturated carbocycles. The van der Waals surface area contributed by atoms with Gasteiger partial charge in [0.25, 0.3) is 0 Å². The first-order valence-electron chi connectivity index (χ1n) is 9.79. The van der Waals surface area contributed by atoms with Gasteiger partial charge in [0.15, 0.2) is 5.96 Å². The number of aryl methyl sites for hydroxylation is 2. The van der Waals surface area contributed by atoms with Gasteiger partial charge in [0.1, 0.15) is 5.75 Å². The van der Waals surface area contributed by atoms with E-state index < -0.39 is 0 Å². The highest BCUT2D eigenvalue weighted by Gasteiger charge is 2.37. The first-order chi connectivity index (χ1) is 13.6. The number of rotatable bonds is 6. The summed E-state index contributed by atoms with van der Waals surface area (Å²) >= 11 is 1.81. The van der Waals surface area contributed by atoms with Crippen LogP contribution >= 0.6 is 35.3 Å². The number of ether oxygens (including phenoxy) is 2. The van der Waals surface area contributed by atoms with Gasteiger partial charge in [-0.25, -0.2) is 0 Å². The molecule has 0 amide bonds. The fourth-order valence-corrected chi connectivity index (χ4v) is 4.59. The third-order valence-corrected chi connectivity index (χ3v) is 6.42. The van der Waals surface area contributed by atoms with E-state index >= 15 is 0 Å². The van der Waals surface area contributed by atoms with E-state index in [-0.39, 0.29) is 29.4 Å². The van der Waals surface area contributed by atoms with Crippen molar-refractivity contribution in [2.75, 3.05) is 33.9 Å². The van der Waals surface area contributed by atoms with Gasteiger partial charge >= 0.3 is 0 Å². The van der Waals surface area contributed by atoms with Crippen molar-refractivity contribution in [3.8, 4) is 5.75 Å². The van der Waals surface area contributed by atoms with Crippen LogP contribution in [0.2, 0.25) is 0 Å². The van der Waals surface area contributed by atoms with E-state index in [1.54, 1.807) is 7.11 Å². The van der Waals surface area contributed by atoms with Crippen molar-refractivity contribution in [3.05, 3.63) is 51.2 Å². The topological polar surface area (TPSA) is 54.9 Å². The normalized spacial score (nSPS) is 16.1. The van der Waals surface area contributed by atoms with Crippen molar-refractivity contribution < 1.29 is 9.47 Å². The zero-order valence-electron chi connectivity index (χ0n) is 17.7. The summed E-state index contributed by atoms with van der Waals surface area (Å²) in [5.74, 6) is 1.77. The highest BCUT2D eigenvalue weighted by atomic mass is 127. The molecule has 0 spiro atoms. The van der Waals surface area contributed by atoms with E-state index in [4.69, 9.17) is 9.47 Å². The minimum Gasteiger partial charge on any atom is -0.496 e. The quantitative estimate of drug-likeness (QED) is 0.331. The lowest BCUT2D eigenvalue weighted by Crippen LogP contribution is -2.48. The number of hydrogen-bond donors (Lipinski definition) is 2. The van der Waals surface area contributed by atoms with Crippen molar-refractivity contribution in [2.45, 2.75) is 38.6 Å². The Balaban J connectivity index is 0.00000300. The molecule has 0 unspecified atom stereocenters. The van der Waals surface area contributed by atoms with Crippen LogP contribution in [0.1, 0.15) is 33.7 Å². The third-order valence-electron chi connectivity index (χ3n) is 5.42. The molecule has 1 fully saturated rings. The molecule has 1 saturated heterocycles. The zero-order valence-corrected chi connectivity index (χ0v) is 20.9. The number of benzene rings is 1. The number of nitrogens with one attached hydrogen (secondary N) is 2. The maximum atomic E-state index is 5.71. The van der Waals surface area contributed by atoms with Gasteiger partial charge in [0.2, 0.25) is 0 Å². The first-order valence-corrected chi connectivity index (χ1v) is 10.6. The lowest BCUT2D eigenvalue weighted by Gasteiger charge is -2.39. The van der Waals surface area contributed by atoms with Crippen molar-refractivity contribution in [2.24, 2.45) is 4.99 Å². The molecule has 2 aromatic rings. The lowest BCUT2D eigenvalue weighted by atomic mass is 9.73. The maximum absolute atomic E-state index is 5.71. The molecule has 2 heterocycles. The van der Waals surface area contributed by atoms with Crippen LogP contribution in [-0.2, 0) is 16.7 Å². The lowest BCUT2D eigenvalue weighted by molar-refractivity contribution is 0.0505. The molecule has 0 bridgehead atoms. The van der Waals surface area contributed by atoms with Gasteiger partial charge < -0.3 is 20.1 Å². The molecule has 1 aromatic carbocycles. The van der Waals surface area contributed by atoms with Gasteiger partial charge in [-0.15, -0.1) is 35.3 Å². The summed E-state index contributed by atoms with van der Waals surface area (Å²) in [5.41, 5.74) is 2.47. The standard InChI is InChI=1S/C22H31N3O2S.HI/c1-16-5-8-20(26-4)19(13-16)22(9-11-27-12-10-22)15-25-21(23-3)24-14-18-7-6-17(2)28-18;/h5-8,13H,9-12,14-15H2,1-4H3,(H2,23,24,25);1H. The molecule has 1 aromatic heterocycles. The van der Waals surface area contributed by atoms with Gasteiger partial charge in [0.05, 0.1) is 13.7 Å². The summed E-state index contributed by atoms with van der Waals surface area (Å²) in [6.45, 7) is 7.36. The van der Waals surface area contributed by atoms with Crippen LogP contribution < -0.4 is 15.4 Å². The predicted octanol–water partition coefficient (Wildman–Crippen LogP) is 4.40. The van der Waals surface area contributed by atoms with Crippen molar-refractivity contribution in [1.29, 1.82) is 0 Å². The molecule has 7 heteroatoms. The molecule has 3 rings (SSSR count). The zero-order chi connectivity index (χ0) is 20.0. The molecule has 2 N–H and O–H groups in total. The smallest absolute Gasteiger partial charge is 0.191 e. The summed E-state index contributed by atoms with van der Waals surface area (Å²) in [4.78, 5) is 7.05. The summed E-state index contributed by atoms with van der Waals surface area (Å²) in [7, 11) is 3.57. The number of aliphatic imine (C=N–C) groups is 1. The average molecular weight is 529 g/mol. The minimum absolute atomic E-state index is 0. The SMILES string of the molecule is CN=C(NCc1ccc(C)s1)NCC1(c2cc(C)ccc2OC)CCOCC1.I. The van der Waals surface area contributed by atoms with E-state index in [9.17, 15) is 0 Å². The second-order valence-electron chi connectivity index (χ2n) is 7.39. The number of guanidine groups is 1. The van der Waals surface area contributed by atoms with Crippen molar-refractivity contribution >= 4 is 41.3 Å². The fraction of sp³-hybridized carbons (Fsp3) is 0.500. The molecule has 5 nitrogen and oxygen atoms in total. The van der Waals surface area contributed by atoms with Crippen molar-refractivity contribution in [1.82, 2.24) is 10.6 Å². The number of thiophene rings is 1. The van der Waals surface area contributed by atoms with Gasteiger partial charge in [-0.05, 0) is 44.9 Å². The largest absolute Gasteiger partial charge is 0.496 e.